The summed E-state index contributed by atoms with van der Waals surface area (Å²) in [6.07, 6.45) is 0.0875. The van der Waals surface area contributed by atoms with E-state index in [-0.39, 0.29) is 18.1 Å². The number of hydrogen-bond donors (Lipinski definition) is 1. The van der Waals surface area contributed by atoms with Gasteiger partial charge in [0.25, 0.3) is 0 Å². The van der Waals surface area contributed by atoms with Crippen LogP contribution in [0.15, 0.2) is 48.5 Å². The van der Waals surface area contributed by atoms with Gasteiger partial charge in [-0.25, -0.2) is 4.68 Å². The molecule has 0 fully saturated rings. The van der Waals surface area contributed by atoms with E-state index in [0.717, 1.165) is 22.5 Å². The van der Waals surface area contributed by atoms with Crippen molar-refractivity contribution in [3.8, 4) is 11.4 Å². The van der Waals surface area contributed by atoms with E-state index in [2.05, 4.69) is 10.4 Å². The summed E-state index contributed by atoms with van der Waals surface area (Å²) in [6, 6.07) is 14.9. The first kappa shape index (κ1) is 18.0. The molecule has 1 aliphatic heterocycles. The molecule has 0 saturated carbocycles. The van der Waals surface area contributed by atoms with Crippen LogP contribution in [-0.2, 0) is 4.79 Å². The van der Waals surface area contributed by atoms with Gasteiger partial charge in [0.05, 0.1) is 30.0 Å². The standard InChI is InChI=1S/C22H21N3O3/c1-13-7-6-8-15(11-13)25-22-20(14(2)24-25)17(12-19(26)23-22)21(27)16-9-4-5-10-18(16)28-3/h4-11,17H,12H2,1-3H3,(H,23,26). The molecule has 1 amide bonds. The van der Waals surface area contributed by atoms with Gasteiger partial charge in [-0.05, 0) is 43.7 Å². The maximum absolute atomic E-state index is 13.3. The van der Waals surface area contributed by atoms with Gasteiger partial charge in [0.1, 0.15) is 11.6 Å². The Morgan fingerprint density at radius 1 is 1.18 bits per heavy atom. The molecular weight excluding hydrogens is 354 g/mol. The van der Waals surface area contributed by atoms with E-state index in [0.29, 0.717) is 17.1 Å². The van der Waals surface area contributed by atoms with Gasteiger partial charge in [0.2, 0.25) is 5.91 Å². The van der Waals surface area contributed by atoms with Crippen molar-refractivity contribution < 1.29 is 14.3 Å². The summed E-state index contributed by atoms with van der Waals surface area (Å²) in [7, 11) is 1.53. The van der Waals surface area contributed by atoms with Gasteiger partial charge in [0.15, 0.2) is 5.78 Å². The molecule has 2 aromatic carbocycles. The molecule has 4 rings (SSSR count). The van der Waals surface area contributed by atoms with Crippen LogP contribution in [0.5, 0.6) is 5.75 Å². The topological polar surface area (TPSA) is 73.2 Å². The zero-order valence-corrected chi connectivity index (χ0v) is 16.0. The second-order valence-corrected chi connectivity index (χ2v) is 6.97. The average molecular weight is 375 g/mol. The van der Waals surface area contributed by atoms with Gasteiger partial charge in [-0.2, -0.15) is 5.10 Å². The molecular formula is C22H21N3O3. The number of aryl methyl sites for hydroxylation is 2. The summed E-state index contributed by atoms with van der Waals surface area (Å²) in [5.41, 5.74) is 3.89. The van der Waals surface area contributed by atoms with Gasteiger partial charge in [-0.1, -0.05) is 24.3 Å². The summed E-state index contributed by atoms with van der Waals surface area (Å²) < 4.78 is 7.05. The van der Waals surface area contributed by atoms with Crippen LogP contribution in [-0.4, -0.2) is 28.6 Å². The lowest BCUT2D eigenvalue weighted by Crippen LogP contribution is -2.28. The molecule has 1 atom stereocenters. The number of carbonyl (C=O) groups excluding carboxylic acids is 2. The van der Waals surface area contributed by atoms with Crippen LogP contribution in [0.25, 0.3) is 5.69 Å². The Morgan fingerprint density at radius 2 is 1.96 bits per heavy atom. The zero-order valence-electron chi connectivity index (χ0n) is 16.0. The molecule has 142 valence electrons. The molecule has 0 bridgehead atoms. The molecule has 1 N–H and O–H groups in total. The number of nitrogens with one attached hydrogen (secondary N) is 1. The molecule has 1 aromatic heterocycles. The minimum Gasteiger partial charge on any atom is -0.496 e. The zero-order chi connectivity index (χ0) is 19.8. The molecule has 6 heteroatoms. The summed E-state index contributed by atoms with van der Waals surface area (Å²) in [6.45, 7) is 3.87. The van der Waals surface area contributed by atoms with Crippen molar-refractivity contribution in [2.45, 2.75) is 26.2 Å². The molecule has 3 aromatic rings. The number of hydrogen-bond acceptors (Lipinski definition) is 4. The number of anilines is 1. The second-order valence-electron chi connectivity index (χ2n) is 6.97. The van der Waals surface area contributed by atoms with E-state index in [1.807, 2.05) is 44.2 Å². The van der Waals surface area contributed by atoms with Crippen LogP contribution in [0.1, 0.15) is 39.5 Å². The Morgan fingerprint density at radius 3 is 2.71 bits per heavy atom. The van der Waals surface area contributed by atoms with Gasteiger partial charge in [-0.3, -0.25) is 9.59 Å². The predicted molar refractivity (Wildman–Crippen MR) is 106 cm³/mol. The van der Waals surface area contributed by atoms with Crippen LogP contribution in [0.3, 0.4) is 0 Å². The number of amides is 1. The van der Waals surface area contributed by atoms with Crippen LogP contribution < -0.4 is 10.1 Å². The number of methoxy groups -OCH3 is 1. The minimum atomic E-state index is -0.599. The van der Waals surface area contributed by atoms with Crippen molar-refractivity contribution in [3.63, 3.8) is 0 Å². The quantitative estimate of drug-likeness (QED) is 0.704. The molecule has 0 radical (unpaired) electrons. The molecule has 0 saturated heterocycles. The average Bonchev–Trinajstić information content (AvgIpc) is 3.03. The number of Topliss-reactive ketones (excluding diaryl/α,β-unsaturated/α-hetero) is 1. The summed E-state index contributed by atoms with van der Waals surface area (Å²) >= 11 is 0. The molecule has 28 heavy (non-hydrogen) atoms. The summed E-state index contributed by atoms with van der Waals surface area (Å²) in [5.74, 6) is 0.130. The normalized spacial score (nSPS) is 15.7. The first-order chi connectivity index (χ1) is 13.5. The SMILES string of the molecule is COc1ccccc1C(=O)C1CC(=O)Nc2c1c(C)nn2-c1cccc(C)c1. The van der Waals surface area contributed by atoms with E-state index in [1.165, 1.54) is 7.11 Å². The molecule has 1 aliphatic rings. The number of fused-ring (bicyclic) bond motifs is 1. The summed E-state index contributed by atoms with van der Waals surface area (Å²) in [4.78, 5) is 25.8. The van der Waals surface area contributed by atoms with Crippen molar-refractivity contribution in [3.05, 3.63) is 70.9 Å². The van der Waals surface area contributed by atoms with E-state index in [1.54, 1.807) is 22.9 Å². The summed E-state index contributed by atoms with van der Waals surface area (Å²) in [5, 5.41) is 7.54. The van der Waals surface area contributed by atoms with Crippen molar-refractivity contribution >= 4 is 17.5 Å². The molecule has 0 aliphatic carbocycles. The maximum Gasteiger partial charge on any atom is 0.226 e. The Labute approximate surface area is 163 Å². The number of nitrogens with zero attached hydrogens (tertiary/aromatic N) is 2. The molecule has 2 heterocycles. The number of rotatable bonds is 4. The van der Waals surface area contributed by atoms with Crippen molar-refractivity contribution in [2.75, 3.05) is 12.4 Å². The van der Waals surface area contributed by atoms with Crippen molar-refractivity contribution in [1.82, 2.24) is 9.78 Å². The molecule has 1 unspecified atom stereocenters. The first-order valence-corrected chi connectivity index (χ1v) is 9.13. The van der Waals surface area contributed by atoms with E-state index < -0.39 is 5.92 Å². The van der Waals surface area contributed by atoms with Crippen LogP contribution in [0.2, 0.25) is 0 Å². The fourth-order valence-corrected chi connectivity index (χ4v) is 3.75. The minimum absolute atomic E-state index is 0.0875. The van der Waals surface area contributed by atoms with Gasteiger partial charge < -0.3 is 10.1 Å². The highest BCUT2D eigenvalue weighted by Gasteiger charge is 2.37. The Balaban J connectivity index is 1.84. The third-order valence-corrected chi connectivity index (χ3v) is 5.04. The number of ether oxygens (including phenoxy) is 1. The van der Waals surface area contributed by atoms with Crippen LogP contribution in [0.4, 0.5) is 5.82 Å². The molecule has 6 nitrogen and oxygen atoms in total. The van der Waals surface area contributed by atoms with Gasteiger partial charge in [-0.15, -0.1) is 0 Å². The Kier molecular flexibility index (Phi) is 4.47. The van der Waals surface area contributed by atoms with Gasteiger partial charge in [0, 0.05) is 12.0 Å². The third kappa shape index (κ3) is 2.97. The van der Waals surface area contributed by atoms with E-state index >= 15 is 0 Å². The lowest BCUT2D eigenvalue weighted by atomic mass is 9.85. The van der Waals surface area contributed by atoms with Gasteiger partial charge >= 0.3 is 0 Å². The monoisotopic (exact) mass is 375 g/mol. The molecule has 0 spiro atoms. The lowest BCUT2D eigenvalue weighted by molar-refractivity contribution is -0.116. The Hall–Kier alpha value is -3.41. The maximum atomic E-state index is 13.3. The fraction of sp³-hybridized carbons (Fsp3) is 0.227. The van der Waals surface area contributed by atoms with E-state index in [4.69, 9.17) is 4.74 Å². The second kappa shape index (κ2) is 6.96. The Bertz CT molecular complexity index is 1080. The largest absolute Gasteiger partial charge is 0.496 e. The number of carbonyl (C=O) groups is 2. The highest BCUT2D eigenvalue weighted by atomic mass is 16.5. The van der Waals surface area contributed by atoms with Crippen LogP contribution >= 0.6 is 0 Å². The number of ketones is 1. The highest BCUT2D eigenvalue weighted by molar-refractivity contribution is 6.09. The predicted octanol–water partition coefficient (Wildman–Crippen LogP) is 3.81. The van der Waals surface area contributed by atoms with Crippen LogP contribution in [0, 0.1) is 13.8 Å². The smallest absolute Gasteiger partial charge is 0.226 e. The number of aromatic nitrogens is 2. The highest BCUT2D eigenvalue weighted by Crippen LogP contribution is 2.39. The van der Waals surface area contributed by atoms with E-state index in [9.17, 15) is 9.59 Å². The first-order valence-electron chi connectivity index (χ1n) is 9.13. The van der Waals surface area contributed by atoms with Crippen molar-refractivity contribution in [2.24, 2.45) is 0 Å². The number of benzene rings is 2. The third-order valence-electron chi connectivity index (χ3n) is 5.04. The number of para-hydroxylation sites is 1. The lowest BCUT2D eigenvalue weighted by Gasteiger charge is -2.23. The van der Waals surface area contributed by atoms with Crippen molar-refractivity contribution in [1.29, 1.82) is 0 Å². The fourth-order valence-electron chi connectivity index (χ4n) is 3.75.